The van der Waals surface area contributed by atoms with Gasteiger partial charge in [-0.3, -0.25) is 0 Å². The SMILES string of the molecule is CCCCc1cc(CCCC)cc(N2C(C)=C(C)S/C2=C2/SC(C)=C(C)N2c2cc(CCCC)cc(CCCC)c2)c1. The van der Waals surface area contributed by atoms with Crippen LogP contribution in [-0.2, 0) is 25.7 Å². The fourth-order valence-electron chi connectivity index (χ4n) is 5.89. The van der Waals surface area contributed by atoms with Crippen LogP contribution in [0.5, 0.6) is 0 Å². The van der Waals surface area contributed by atoms with E-state index in [4.69, 9.17) is 0 Å². The van der Waals surface area contributed by atoms with Crippen molar-refractivity contribution in [2.24, 2.45) is 0 Å². The van der Waals surface area contributed by atoms with Gasteiger partial charge in [-0.2, -0.15) is 0 Å². The molecule has 2 heterocycles. The Morgan fingerprint density at radius 3 is 1.00 bits per heavy atom. The van der Waals surface area contributed by atoms with E-state index in [-0.39, 0.29) is 0 Å². The quantitative estimate of drug-likeness (QED) is 0.212. The van der Waals surface area contributed by atoms with Gasteiger partial charge in [-0.25, -0.2) is 0 Å². The molecule has 228 valence electrons. The Hall–Kier alpha value is -2.04. The van der Waals surface area contributed by atoms with Gasteiger partial charge in [-0.15, -0.1) is 0 Å². The molecule has 0 aliphatic carbocycles. The van der Waals surface area contributed by atoms with E-state index in [1.165, 1.54) is 116 Å². The second-order valence-corrected chi connectivity index (χ2v) is 14.6. The molecule has 0 fully saturated rings. The van der Waals surface area contributed by atoms with Gasteiger partial charge in [0.15, 0.2) is 0 Å². The number of hydrogen-bond acceptors (Lipinski definition) is 4. The van der Waals surface area contributed by atoms with Crippen LogP contribution in [0.3, 0.4) is 0 Å². The van der Waals surface area contributed by atoms with Crippen LogP contribution in [0.4, 0.5) is 11.4 Å². The Morgan fingerprint density at radius 2 is 0.738 bits per heavy atom. The van der Waals surface area contributed by atoms with E-state index in [1.807, 2.05) is 23.5 Å². The molecule has 0 atom stereocenters. The summed E-state index contributed by atoms with van der Waals surface area (Å²) in [6.45, 7) is 18.4. The van der Waals surface area contributed by atoms with Gasteiger partial charge in [0.25, 0.3) is 0 Å². The highest BCUT2D eigenvalue weighted by Crippen LogP contribution is 2.53. The predicted molar refractivity (Wildman–Crippen MR) is 191 cm³/mol. The van der Waals surface area contributed by atoms with Gasteiger partial charge in [0.05, 0.1) is 0 Å². The summed E-state index contributed by atoms with van der Waals surface area (Å²) >= 11 is 3.91. The molecule has 2 aliphatic rings. The molecule has 0 spiro atoms. The van der Waals surface area contributed by atoms with Gasteiger partial charge in [-0.1, -0.05) is 89.0 Å². The Morgan fingerprint density at radius 1 is 0.452 bits per heavy atom. The van der Waals surface area contributed by atoms with Crippen LogP contribution < -0.4 is 9.80 Å². The molecule has 2 aromatic carbocycles. The summed E-state index contributed by atoms with van der Waals surface area (Å²) in [6.07, 6.45) is 14.5. The van der Waals surface area contributed by atoms with Crippen molar-refractivity contribution in [1.82, 2.24) is 0 Å². The molecular formula is C38H54N2S2. The minimum Gasteiger partial charge on any atom is -0.306 e. The predicted octanol–water partition coefficient (Wildman–Crippen LogP) is 12.5. The lowest BCUT2D eigenvalue weighted by molar-refractivity contribution is 0.780. The van der Waals surface area contributed by atoms with Crippen molar-refractivity contribution in [1.29, 1.82) is 0 Å². The largest absolute Gasteiger partial charge is 0.306 e. The highest BCUT2D eigenvalue weighted by atomic mass is 32.2. The van der Waals surface area contributed by atoms with Crippen molar-refractivity contribution in [2.45, 2.75) is 132 Å². The van der Waals surface area contributed by atoms with E-state index in [1.54, 1.807) is 0 Å². The minimum atomic E-state index is 1.16. The fourth-order valence-corrected chi connectivity index (χ4v) is 8.23. The van der Waals surface area contributed by atoms with E-state index in [0.717, 1.165) is 25.7 Å². The first-order valence-corrected chi connectivity index (χ1v) is 18.2. The average Bonchev–Trinajstić information content (AvgIpc) is 3.46. The molecule has 4 rings (SSSR count). The maximum absolute atomic E-state index is 2.57. The van der Waals surface area contributed by atoms with Crippen LogP contribution >= 0.6 is 23.5 Å². The normalized spacial score (nSPS) is 17.4. The molecule has 0 saturated carbocycles. The number of rotatable bonds is 14. The molecule has 0 bridgehead atoms. The molecule has 0 amide bonds. The molecule has 42 heavy (non-hydrogen) atoms. The molecule has 0 radical (unpaired) electrons. The molecule has 4 heteroatoms. The molecule has 0 aromatic heterocycles. The zero-order valence-corrected chi connectivity index (χ0v) is 29.3. The molecule has 0 saturated heterocycles. The summed E-state index contributed by atoms with van der Waals surface area (Å²) in [6, 6.07) is 14.8. The molecule has 0 unspecified atom stereocenters. The smallest absolute Gasteiger partial charge is 0.116 e. The van der Waals surface area contributed by atoms with Crippen LogP contribution in [0.2, 0.25) is 0 Å². The average molecular weight is 603 g/mol. The van der Waals surface area contributed by atoms with Crippen molar-refractivity contribution >= 4 is 34.9 Å². The standard InChI is InChI=1S/C38H54N2S2/c1-9-13-17-31-21-32(18-14-10-2)24-35(23-31)39-27(5)29(7)41-37(39)38-40(28(6)30(8)42-38)36-25-33(19-15-11-3)22-34(26-36)20-16-12-4/h21-26H,9-20H2,1-8H3/b38-37+. The number of aryl methyl sites for hydroxylation is 4. The molecule has 2 nitrogen and oxygen atoms in total. The van der Waals surface area contributed by atoms with Crippen LogP contribution in [-0.4, -0.2) is 0 Å². The van der Waals surface area contributed by atoms with Crippen LogP contribution in [0.15, 0.2) is 67.7 Å². The lowest BCUT2D eigenvalue weighted by Crippen LogP contribution is -2.23. The van der Waals surface area contributed by atoms with Crippen LogP contribution in [0.1, 0.15) is 129 Å². The second kappa shape index (κ2) is 15.6. The number of unbranched alkanes of at least 4 members (excludes halogenated alkanes) is 4. The number of thioether (sulfide) groups is 2. The zero-order valence-electron chi connectivity index (χ0n) is 27.7. The van der Waals surface area contributed by atoms with Crippen LogP contribution in [0, 0.1) is 0 Å². The molecule has 2 aromatic rings. The summed E-state index contributed by atoms with van der Waals surface area (Å²) in [5.41, 5.74) is 11.3. The monoisotopic (exact) mass is 602 g/mol. The highest BCUT2D eigenvalue weighted by Gasteiger charge is 2.35. The summed E-state index contributed by atoms with van der Waals surface area (Å²) < 4.78 is 0. The Bertz CT molecular complexity index is 1180. The van der Waals surface area contributed by atoms with Crippen molar-refractivity contribution in [3.8, 4) is 0 Å². The van der Waals surface area contributed by atoms with Gasteiger partial charge < -0.3 is 9.80 Å². The van der Waals surface area contributed by atoms with Crippen molar-refractivity contribution in [2.75, 3.05) is 9.80 Å². The summed E-state index contributed by atoms with van der Waals surface area (Å²) in [5, 5.41) is 2.71. The van der Waals surface area contributed by atoms with E-state index in [9.17, 15) is 0 Å². The zero-order chi connectivity index (χ0) is 30.2. The number of allylic oxidation sites excluding steroid dienone is 4. The lowest BCUT2D eigenvalue weighted by atomic mass is 10.00. The third kappa shape index (κ3) is 7.72. The topological polar surface area (TPSA) is 6.48 Å². The third-order valence-corrected chi connectivity index (χ3v) is 11.1. The maximum atomic E-state index is 2.57. The number of nitrogens with zero attached hydrogens (tertiary/aromatic N) is 2. The molecule has 0 N–H and O–H groups in total. The van der Waals surface area contributed by atoms with Gasteiger partial charge in [0, 0.05) is 32.6 Å². The number of benzene rings is 2. The number of hydrogen-bond donors (Lipinski definition) is 0. The van der Waals surface area contributed by atoms with E-state index in [2.05, 4.69) is 102 Å². The fraction of sp³-hybridized carbons (Fsp3) is 0.526. The summed E-state index contributed by atoms with van der Waals surface area (Å²) in [5.74, 6) is 0. The Labute approximate surface area is 266 Å². The first-order valence-electron chi connectivity index (χ1n) is 16.6. The van der Waals surface area contributed by atoms with E-state index < -0.39 is 0 Å². The third-order valence-electron chi connectivity index (χ3n) is 8.65. The van der Waals surface area contributed by atoms with Crippen molar-refractivity contribution in [3.05, 3.63) is 89.9 Å². The van der Waals surface area contributed by atoms with Crippen molar-refractivity contribution in [3.63, 3.8) is 0 Å². The first-order chi connectivity index (χ1) is 20.3. The van der Waals surface area contributed by atoms with E-state index >= 15 is 0 Å². The lowest BCUT2D eigenvalue weighted by Gasteiger charge is -2.29. The maximum Gasteiger partial charge on any atom is 0.116 e. The Balaban J connectivity index is 1.84. The van der Waals surface area contributed by atoms with Gasteiger partial charge in [0.1, 0.15) is 10.1 Å². The van der Waals surface area contributed by atoms with Crippen molar-refractivity contribution < 1.29 is 0 Å². The summed E-state index contributed by atoms with van der Waals surface area (Å²) in [7, 11) is 0. The minimum absolute atomic E-state index is 1.16. The van der Waals surface area contributed by atoms with Crippen LogP contribution in [0.25, 0.3) is 0 Å². The summed E-state index contributed by atoms with van der Waals surface area (Å²) in [4.78, 5) is 7.94. The molecular weight excluding hydrogens is 549 g/mol. The first kappa shape index (κ1) is 32.9. The number of anilines is 2. The highest BCUT2D eigenvalue weighted by molar-refractivity contribution is 8.10. The van der Waals surface area contributed by atoms with Gasteiger partial charge in [0.2, 0.25) is 0 Å². The van der Waals surface area contributed by atoms with Gasteiger partial charge >= 0.3 is 0 Å². The van der Waals surface area contributed by atoms with E-state index in [0.29, 0.717) is 0 Å². The second-order valence-electron chi connectivity index (χ2n) is 12.2. The Kier molecular flexibility index (Phi) is 12.2. The van der Waals surface area contributed by atoms with Gasteiger partial charge in [-0.05, 0) is 126 Å². The molecule has 2 aliphatic heterocycles.